The van der Waals surface area contributed by atoms with Crippen LogP contribution in [0.5, 0.6) is 0 Å². The molecule has 1 fully saturated rings. The quantitative estimate of drug-likeness (QED) is 0.278. The molecule has 0 heterocycles. The van der Waals surface area contributed by atoms with Crippen molar-refractivity contribution in [1.82, 2.24) is 5.43 Å². The van der Waals surface area contributed by atoms with Gasteiger partial charge in [-0.25, -0.2) is 14.6 Å². The minimum absolute atomic E-state index is 0.308. The van der Waals surface area contributed by atoms with Gasteiger partial charge in [-0.3, -0.25) is 10.2 Å². The summed E-state index contributed by atoms with van der Waals surface area (Å²) in [5.74, 6) is 4.09. The summed E-state index contributed by atoms with van der Waals surface area (Å²) in [5.41, 5.74) is 5.73. The molecule has 1 aliphatic carbocycles. The third kappa shape index (κ3) is 1.39. The maximum absolute atomic E-state index is 12.6. The lowest BCUT2D eigenvalue weighted by Gasteiger charge is -2.19. The molecule has 12 heavy (non-hydrogen) atoms. The number of hydrogen-bond acceptors (Lipinski definition) is 3. The Hall–Kier alpha value is -0.750. The van der Waals surface area contributed by atoms with Crippen LogP contribution in [0.25, 0.3) is 0 Å². The van der Waals surface area contributed by atoms with Crippen LogP contribution in [0, 0.1) is 0 Å². The minimum atomic E-state index is -1.66. The van der Waals surface area contributed by atoms with Gasteiger partial charge in [-0.2, -0.15) is 0 Å². The fourth-order valence-electron chi connectivity index (χ4n) is 1.36. The second-order valence-electron chi connectivity index (χ2n) is 3.07. The number of nitrogens with one attached hydrogen (secondary N) is 1. The van der Waals surface area contributed by atoms with Crippen LogP contribution in [-0.2, 0) is 4.79 Å². The van der Waals surface area contributed by atoms with Crippen molar-refractivity contribution >= 4 is 5.91 Å². The molecular formula is C6H11F2N3O. The molecule has 0 aromatic heterocycles. The predicted molar refractivity (Wildman–Crippen MR) is 38.3 cm³/mol. The van der Waals surface area contributed by atoms with Crippen molar-refractivity contribution in [3.05, 3.63) is 0 Å². The first kappa shape index (κ1) is 9.34. The van der Waals surface area contributed by atoms with Gasteiger partial charge in [0, 0.05) is 12.8 Å². The fourth-order valence-corrected chi connectivity index (χ4v) is 1.36. The highest BCUT2D eigenvalue weighted by atomic mass is 19.2. The van der Waals surface area contributed by atoms with Gasteiger partial charge in [0.25, 0.3) is 5.91 Å². The zero-order chi connectivity index (χ0) is 9.35. The number of carbonyl (C=O) groups excluding carboxylic acids is 1. The van der Waals surface area contributed by atoms with E-state index in [1.165, 1.54) is 0 Å². The van der Waals surface area contributed by atoms with Crippen molar-refractivity contribution in [2.75, 3.05) is 0 Å². The summed E-state index contributed by atoms with van der Waals surface area (Å²) in [5, 5.41) is 0. The van der Waals surface area contributed by atoms with E-state index in [4.69, 9.17) is 11.6 Å². The third-order valence-electron chi connectivity index (χ3n) is 2.09. The first-order valence-corrected chi connectivity index (χ1v) is 3.57. The maximum atomic E-state index is 12.6. The average molecular weight is 179 g/mol. The lowest BCUT2D eigenvalue weighted by molar-refractivity contribution is -0.126. The van der Waals surface area contributed by atoms with Crippen molar-refractivity contribution in [1.29, 1.82) is 0 Å². The third-order valence-corrected chi connectivity index (χ3v) is 2.09. The molecule has 1 aliphatic rings. The first-order chi connectivity index (χ1) is 5.49. The molecule has 0 aromatic carbocycles. The van der Waals surface area contributed by atoms with Crippen LogP contribution in [0.3, 0.4) is 0 Å². The zero-order valence-corrected chi connectivity index (χ0v) is 6.39. The summed E-state index contributed by atoms with van der Waals surface area (Å²) in [4.78, 5) is 10.9. The van der Waals surface area contributed by atoms with E-state index in [9.17, 15) is 13.6 Å². The summed E-state index contributed by atoms with van der Waals surface area (Å²) < 4.78 is 25.3. The van der Waals surface area contributed by atoms with Gasteiger partial charge in [-0.15, -0.1) is 0 Å². The highest BCUT2D eigenvalue weighted by Crippen LogP contribution is 2.32. The van der Waals surface area contributed by atoms with Gasteiger partial charge in [0.05, 0.1) is 0 Å². The maximum Gasteiger partial charge on any atom is 0.254 e. The summed E-state index contributed by atoms with van der Waals surface area (Å²) >= 11 is 0. The Balaban J connectivity index is 2.69. The molecule has 0 aliphatic heterocycles. The molecule has 4 nitrogen and oxygen atoms in total. The number of amides is 1. The van der Waals surface area contributed by atoms with Crippen LogP contribution in [0.2, 0.25) is 0 Å². The number of hydrazine groups is 1. The Bertz CT molecular complexity index is 189. The van der Waals surface area contributed by atoms with Crippen molar-refractivity contribution in [2.24, 2.45) is 11.6 Å². The molecule has 0 saturated heterocycles. The molecule has 6 heteroatoms. The van der Waals surface area contributed by atoms with Gasteiger partial charge < -0.3 is 5.73 Å². The van der Waals surface area contributed by atoms with E-state index in [1.54, 1.807) is 5.43 Å². The Labute approximate surface area is 68.3 Å². The van der Waals surface area contributed by atoms with Gasteiger partial charge in [-0.05, 0) is 0 Å². The Kier molecular flexibility index (Phi) is 2.29. The Morgan fingerprint density at radius 3 is 2.17 bits per heavy atom. The zero-order valence-electron chi connectivity index (χ0n) is 6.39. The van der Waals surface area contributed by atoms with Crippen molar-refractivity contribution in [3.8, 4) is 0 Å². The molecular weight excluding hydrogens is 168 g/mol. The second-order valence-corrected chi connectivity index (χ2v) is 3.07. The molecule has 0 aromatic rings. The normalized spacial score (nSPS) is 41.3. The van der Waals surface area contributed by atoms with E-state index in [-0.39, 0.29) is 12.8 Å². The van der Waals surface area contributed by atoms with Gasteiger partial charge in [0.2, 0.25) is 0 Å². The summed E-state index contributed by atoms with van der Waals surface area (Å²) in [6.07, 6.45) is -3.94. The summed E-state index contributed by atoms with van der Waals surface area (Å²) in [7, 11) is 0. The number of alkyl halides is 2. The number of hydrogen-bond donors (Lipinski definition) is 3. The molecule has 1 amide bonds. The van der Waals surface area contributed by atoms with Gasteiger partial charge >= 0.3 is 0 Å². The lowest BCUT2D eigenvalue weighted by atomic mass is 9.98. The van der Waals surface area contributed by atoms with E-state index in [2.05, 4.69) is 0 Å². The smallest absolute Gasteiger partial charge is 0.254 e. The fraction of sp³-hybridized carbons (Fsp3) is 0.833. The average Bonchev–Trinajstić information content (AvgIpc) is 2.26. The molecule has 0 unspecified atom stereocenters. The van der Waals surface area contributed by atoms with Crippen LogP contribution in [-0.4, -0.2) is 23.8 Å². The standard InChI is InChI=1S/C6H11F2N3O/c7-3-1-6(9,2-4(3)8)5(12)11-10/h3-4H,1-2,9-10H2,(H,11,12)/t3-,4+,6+. The summed E-state index contributed by atoms with van der Waals surface area (Å²) in [6, 6.07) is 0. The highest BCUT2D eigenvalue weighted by Gasteiger charge is 2.48. The number of halogens is 2. The first-order valence-electron chi connectivity index (χ1n) is 3.57. The minimum Gasteiger partial charge on any atom is -0.317 e. The molecule has 0 spiro atoms. The monoisotopic (exact) mass is 179 g/mol. The van der Waals surface area contributed by atoms with Crippen molar-refractivity contribution in [2.45, 2.75) is 30.7 Å². The Morgan fingerprint density at radius 1 is 1.42 bits per heavy atom. The molecule has 3 atom stereocenters. The summed E-state index contributed by atoms with van der Waals surface area (Å²) in [6.45, 7) is 0. The topological polar surface area (TPSA) is 81.1 Å². The molecule has 5 N–H and O–H groups in total. The van der Waals surface area contributed by atoms with E-state index >= 15 is 0 Å². The van der Waals surface area contributed by atoms with Gasteiger partial charge in [-0.1, -0.05) is 0 Å². The van der Waals surface area contributed by atoms with Crippen LogP contribution in [0.1, 0.15) is 12.8 Å². The van der Waals surface area contributed by atoms with Crippen LogP contribution >= 0.6 is 0 Å². The number of carbonyl (C=O) groups is 1. The molecule has 1 rings (SSSR count). The van der Waals surface area contributed by atoms with E-state index in [0.29, 0.717) is 0 Å². The SMILES string of the molecule is NNC(=O)[C@]1(N)C[C@@H](F)[C@@H](F)C1. The lowest BCUT2D eigenvalue weighted by Crippen LogP contribution is -2.54. The van der Waals surface area contributed by atoms with E-state index in [1.807, 2.05) is 0 Å². The molecule has 0 radical (unpaired) electrons. The van der Waals surface area contributed by atoms with Crippen molar-refractivity contribution in [3.63, 3.8) is 0 Å². The largest absolute Gasteiger partial charge is 0.317 e. The van der Waals surface area contributed by atoms with E-state index in [0.717, 1.165) is 0 Å². The van der Waals surface area contributed by atoms with Crippen LogP contribution < -0.4 is 17.0 Å². The van der Waals surface area contributed by atoms with E-state index < -0.39 is 23.8 Å². The highest BCUT2D eigenvalue weighted by molar-refractivity contribution is 5.86. The van der Waals surface area contributed by atoms with Crippen LogP contribution in [0.15, 0.2) is 0 Å². The van der Waals surface area contributed by atoms with Gasteiger partial charge in [0.15, 0.2) is 0 Å². The van der Waals surface area contributed by atoms with Crippen LogP contribution in [0.4, 0.5) is 8.78 Å². The van der Waals surface area contributed by atoms with Gasteiger partial charge in [0.1, 0.15) is 17.9 Å². The molecule has 70 valence electrons. The second kappa shape index (κ2) is 2.95. The van der Waals surface area contributed by atoms with Crippen molar-refractivity contribution < 1.29 is 13.6 Å². The predicted octanol–water partition coefficient (Wildman–Crippen LogP) is -0.856. The Morgan fingerprint density at radius 2 is 1.83 bits per heavy atom. The molecule has 1 saturated carbocycles. The molecule has 0 bridgehead atoms. The number of nitrogens with two attached hydrogens (primary N) is 2. The number of rotatable bonds is 1.